The van der Waals surface area contributed by atoms with Crippen LogP contribution in [0.5, 0.6) is 0 Å². The quantitative estimate of drug-likeness (QED) is 0.798. The molecule has 0 unspecified atom stereocenters. The van der Waals surface area contributed by atoms with Crippen LogP contribution in [-0.4, -0.2) is 33.4 Å². The van der Waals surface area contributed by atoms with Gasteiger partial charge in [0.25, 0.3) is 5.91 Å². The van der Waals surface area contributed by atoms with E-state index in [0.29, 0.717) is 24.6 Å². The standard InChI is InChI=1S/C18H22N4O/c1-4-10-19-18-20-11-16(12-21-18)17(23)22(14(2)3)13-15-8-6-5-7-9-15/h4-9,11-12,14H,1,10,13H2,2-3H3,(H,19,20,21). The lowest BCUT2D eigenvalue weighted by atomic mass is 10.1. The zero-order valence-electron chi connectivity index (χ0n) is 13.6. The Bertz CT molecular complexity index is 638. The fraction of sp³-hybridized carbons (Fsp3) is 0.278. The van der Waals surface area contributed by atoms with Crippen molar-refractivity contribution in [1.29, 1.82) is 0 Å². The highest BCUT2D eigenvalue weighted by molar-refractivity contribution is 5.93. The van der Waals surface area contributed by atoms with Gasteiger partial charge in [0.05, 0.1) is 5.56 Å². The second-order valence-electron chi connectivity index (χ2n) is 5.48. The highest BCUT2D eigenvalue weighted by Gasteiger charge is 2.19. The molecular weight excluding hydrogens is 288 g/mol. The van der Waals surface area contributed by atoms with Crippen molar-refractivity contribution in [3.63, 3.8) is 0 Å². The Hall–Kier alpha value is -2.69. The molecule has 1 heterocycles. The summed E-state index contributed by atoms with van der Waals surface area (Å²) >= 11 is 0. The van der Waals surface area contributed by atoms with Crippen LogP contribution in [0.15, 0.2) is 55.4 Å². The molecule has 0 aliphatic heterocycles. The van der Waals surface area contributed by atoms with Gasteiger partial charge in [0.15, 0.2) is 0 Å². The molecule has 0 aliphatic carbocycles. The summed E-state index contributed by atoms with van der Waals surface area (Å²) in [5, 5.41) is 2.99. The van der Waals surface area contributed by atoms with Gasteiger partial charge in [-0.3, -0.25) is 4.79 Å². The summed E-state index contributed by atoms with van der Waals surface area (Å²) in [4.78, 5) is 22.9. The predicted octanol–water partition coefficient (Wildman–Crippen LogP) is 3.13. The summed E-state index contributed by atoms with van der Waals surface area (Å²) in [6.07, 6.45) is 4.84. The summed E-state index contributed by atoms with van der Waals surface area (Å²) in [5.74, 6) is 0.416. The molecule has 120 valence electrons. The number of carbonyl (C=O) groups is 1. The smallest absolute Gasteiger partial charge is 0.257 e. The van der Waals surface area contributed by atoms with E-state index in [2.05, 4.69) is 21.9 Å². The maximum absolute atomic E-state index is 12.7. The molecule has 0 radical (unpaired) electrons. The molecule has 1 amide bonds. The van der Waals surface area contributed by atoms with Crippen LogP contribution < -0.4 is 5.32 Å². The van der Waals surface area contributed by atoms with Gasteiger partial charge >= 0.3 is 0 Å². The van der Waals surface area contributed by atoms with Crippen molar-refractivity contribution in [3.05, 3.63) is 66.5 Å². The number of benzene rings is 1. The van der Waals surface area contributed by atoms with Crippen molar-refractivity contribution < 1.29 is 4.79 Å². The molecule has 0 atom stereocenters. The molecule has 5 heteroatoms. The lowest BCUT2D eigenvalue weighted by Gasteiger charge is -2.26. The van der Waals surface area contributed by atoms with Crippen LogP contribution in [0.1, 0.15) is 29.8 Å². The van der Waals surface area contributed by atoms with Gasteiger partial charge in [0, 0.05) is 31.5 Å². The summed E-state index contributed by atoms with van der Waals surface area (Å²) in [7, 11) is 0. The largest absolute Gasteiger partial charge is 0.351 e. The SMILES string of the molecule is C=CCNc1ncc(C(=O)N(Cc2ccccc2)C(C)C)cn1. The number of amides is 1. The number of anilines is 1. The van der Waals surface area contributed by atoms with E-state index in [0.717, 1.165) is 5.56 Å². The summed E-state index contributed by atoms with van der Waals surface area (Å²) in [6, 6.07) is 10.0. The van der Waals surface area contributed by atoms with E-state index in [1.807, 2.05) is 49.1 Å². The third-order valence-electron chi connectivity index (χ3n) is 3.38. The molecule has 0 bridgehead atoms. The maximum Gasteiger partial charge on any atom is 0.257 e. The number of hydrogen-bond acceptors (Lipinski definition) is 4. The van der Waals surface area contributed by atoms with Gasteiger partial charge < -0.3 is 10.2 Å². The van der Waals surface area contributed by atoms with Crippen LogP contribution in [0.3, 0.4) is 0 Å². The van der Waals surface area contributed by atoms with Gasteiger partial charge in [-0.15, -0.1) is 6.58 Å². The van der Waals surface area contributed by atoms with E-state index in [-0.39, 0.29) is 11.9 Å². The minimum atomic E-state index is -0.0703. The van der Waals surface area contributed by atoms with Crippen molar-refractivity contribution in [2.24, 2.45) is 0 Å². The average Bonchev–Trinajstić information content (AvgIpc) is 2.58. The summed E-state index contributed by atoms with van der Waals surface area (Å²) in [6.45, 7) is 8.77. The number of hydrogen-bond donors (Lipinski definition) is 1. The fourth-order valence-corrected chi connectivity index (χ4v) is 2.13. The van der Waals surface area contributed by atoms with Gasteiger partial charge in [0.1, 0.15) is 0 Å². The lowest BCUT2D eigenvalue weighted by molar-refractivity contribution is 0.0689. The first-order chi connectivity index (χ1) is 11.1. The minimum absolute atomic E-state index is 0.0703. The molecule has 1 N–H and O–H groups in total. The monoisotopic (exact) mass is 310 g/mol. The molecule has 0 saturated carbocycles. The third kappa shape index (κ3) is 4.64. The average molecular weight is 310 g/mol. The summed E-state index contributed by atoms with van der Waals surface area (Å²) in [5.41, 5.74) is 1.58. The van der Waals surface area contributed by atoms with Gasteiger partial charge in [-0.05, 0) is 19.4 Å². The van der Waals surface area contributed by atoms with E-state index >= 15 is 0 Å². The van der Waals surface area contributed by atoms with E-state index in [1.54, 1.807) is 18.5 Å². The Morgan fingerprint density at radius 1 is 1.26 bits per heavy atom. The first-order valence-electron chi connectivity index (χ1n) is 7.63. The molecule has 23 heavy (non-hydrogen) atoms. The highest BCUT2D eigenvalue weighted by Crippen LogP contribution is 2.13. The number of rotatable bonds is 7. The van der Waals surface area contributed by atoms with E-state index in [1.165, 1.54) is 0 Å². The molecule has 0 spiro atoms. The van der Waals surface area contributed by atoms with Crippen molar-refractivity contribution in [3.8, 4) is 0 Å². The first kappa shape index (κ1) is 16.7. The predicted molar refractivity (Wildman–Crippen MR) is 92.2 cm³/mol. The van der Waals surface area contributed by atoms with E-state index in [4.69, 9.17) is 0 Å². The Labute approximate surface area is 137 Å². The number of nitrogens with one attached hydrogen (secondary N) is 1. The molecule has 0 aliphatic rings. The minimum Gasteiger partial charge on any atom is -0.351 e. The number of nitrogens with zero attached hydrogens (tertiary/aromatic N) is 3. The topological polar surface area (TPSA) is 58.1 Å². The molecule has 1 aromatic heterocycles. The Morgan fingerprint density at radius 3 is 2.48 bits per heavy atom. The molecule has 0 fully saturated rings. The molecule has 0 saturated heterocycles. The number of carbonyl (C=O) groups excluding carboxylic acids is 1. The van der Waals surface area contributed by atoms with Crippen molar-refractivity contribution in [2.75, 3.05) is 11.9 Å². The van der Waals surface area contributed by atoms with Crippen molar-refractivity contribution in [2.45, 2.75) is 26.4 Å². The van der Waals surface area contributed by atoms with Gasteiger partial charge in [-0.25, -0.2) is 9.97 Å². The zero-order chi connectivity index (χ0) is 16.7. The van der Waals surface area contributed by atoms with Gasteiger partial charge in [-0.2, -0.15) is 0 Å². The molecule has 1 aromatic carbocycles. The normalized spacial score (nSPS) is 10.4. The van der Waals surface area contributed by atoms with E-state index in [9.17, 15) is 4.79 Å². The van der Waals surface area contributed by atoms with Crippen LogP contribution >= 0.6 is 0 Å². The van der Waals surface area contributed by atoms with E-state index < -0.39 is 0 Å². The van der Waals surface area contributed by atoms with Crippen molar-refractivity contribution in [1.82, 2.24) is 14.9 Å². The highest BCUT2D eigenvalue weighted by atomic mass is 16.2. The molecule has 5 nitrogen and oxygen atoms in total. The number of aromatic nitrogens is 2. The van der Waals surface area contributed by atoms with Crippen LogP contribution in [0.25, 0.3) is 0 Å². The van der Waals surface area contributed by atoms with Crippen LogP contribution in [0, 0.1) is 0 Å². The fourth-order valence-electron chi connectivity index (χ4n) is 2.13. The van der Waals surface area contributed by atoms with Gasteiger partial charge in [0.2, 0.25) is 5.95 Å². The van der Waals surface area contributed by atoms with Crippen molar-refractivity contribution >= 4 is 11.9 Å². The zero-order valence-corrected chi connectivity index (χ0v) is 13.6. The Kier molecular flexibility index (Phi) is 5.86. The third-order valence-corrected chi connectivity index (χ3v) is 3.38. The lowest BCUT2D eigenvalue weighted by Crippen LogP contribution is -2.36. The van der Waals surface area contributed by atoms with Crippen LogP contribution in [0.2, 0.25) is 0 Å². The second kappa shape index (κ2) is 8.08. The molecule has 2 rings (SSSR count). The second-order valence-corrected chi connectivity index (χ2v) is 5.48. The molecule has 2 aromatic rings. The van der Waals surface area contributed by atoms with Crippen LogP contribution in [-0.2, 0) is 6.54 Å². The Morgan fingerprint density at radius 2 is 1.91 bits per heavy atom. The van der Waals surface area contributed by atoms with Crippen LogP contribution in [0.4, 0.5) is 5.95 Å². The summed E-state index contributed by atoms with van der Waals surface area (Å²) < 4.78 is 0. The van der Waals surface area contributed by atoms with Gasteiger partial charge in [-0.1, -0.05) is 36.4 Å². The first-order valence-corrected chi connectivity index (χ1v) is 7.63. The Balaban J connectivity index is 2.12. The molecular formula is C18H22N4O. The maximum atomic E-state index is 12.7.